The van der Waals surface area contributed by atoms with Crippen LogP contribution in [0.5, 0.6) is 0 Å². The third kappa shape index (κ3) is 4.75. The number of rotatable bonds is 6. The summed E-state index contributed by atoms with van der Waals surface area (Å²) in [6.45, 7) is 0. The molecular weight excluding hydrogens is 316 g/mol. The molecule has 0 aliphatic rings. The van der Waals surface area contributed by atoms with Gasteiger partial charge in [-0.05, 0) is 35.4 Å². The van der Waals surface area contributed by atoms with Gasteiger partial charge in [0.25, 0.3) is 0 Å². The van der Waals surface area contributed by atoms with Gasteiger partial charge in [0.2, 0.25) is 0 Å². The minimum absolute atomic E-state index is 0.199. The fraction of sp³-hybridized carbons (Fsp3) is 0.176. The summed E-state index contributed by atoms with van der Waals surface area (Å²) in [5.41, 5.74) is 2.21. The Bertz CT molecular complexity index is 737. The van der Waals surface area contributed by atoms with Crippen LogP contribution in [0.4, 0.5) is 0 Å². The molecule has 5 nitrogen and oxygen atoms in total. The van der Waals surface area contributed by atoms with Crippen molar-refractivity contribution in [3.05, 3.63) is 70.8 Å². The van der Waals surface area contributed by atoms with E-state index >= 15 is 0 Å². The molecule has 1 unspecified atom stereocenters. The van der Waals surface area contributed by atoms with Gasteiger partial charge in [-0.1, -0.05) is 24.3 Å². The van der Waals surface area contributed by atoms with E-state index in [0.29, 0.717) is 17.1 Å². The maximum atomic E-state index is 12.2. The van der Waals surface area contributed by atoms with Gasteiger partial charge < -0.3 is 9.84 Å². The first kappa shape index (κ1) is 16.9. The van der Waals surface area contributed by atoms with Crippen LogP contribution < -0.4 is 0 Å². The lowest BCUT2D eigenvalue weighted by atomic mass is 10.1. The predicted molar refractivity (Wildman–Crippen MR) is 86.7 cm³/mol. The zero-order valence-electron chi connectivity index (χ0n) is 12.5. The average Bonchev–Trinajstić information content (AvgIpc) is 2.54. The molecule has 1 atom stereocenters. The third-order valence-electron chi connectivity index (χ3n) is 3.20. The summed E-state index contributed by atoms with van der Waals surface area (Å²) in [5, 5.41) is 8.85. The van der Waals surface area contributed by atoms with Crippen LogP contribution in [0.2, 0.25) is 0 Å². The quantitative estimate of drug-likeness (QED) is 0.823. The van der Waals surface area contributed by atoms with Crippen molar-refractivity contribution in [2.75, 3.05) is 7.11 Å². The van der Waals surface area contributed by atoms with Gasteiger partial charge in [0.1, 0.15) is 0 Å². The highest BCUT2D eigenvalue weighted by Crippen LogP contribution is 2.13. The van der Waals surface area contributed by atoms with Crippen LogP contribution in [0.15, 0.2) is 48.5 Å². The third-order valence-corrected chi connectivity index (χ3v) is 4.51. The molecule has 0 saturated carbocycles. The first-order valence-corrected chi connectivity index (χ1v) is 8.33. The second kappa shape index (κ2) is 7.69. The van der Waals surface area contributed by atoms with Gasteiger partial charge in [-0.15, -0.1) is 0 Å². The minimum atomic E-state index is -1.16. The van der Waals surface area contributed by atoms with Crippen molar-refractivity contribution in [1.29, 1.82) is 0 Å². The molecule has 0 fully saturated rings. The molecule has 120 valence electrons. The Hall–Kier alpha value is -2.47. The summed E-state index contributed by atoms with van der Waals surface area (Å²) in [7, 11) is 0.151. The highest BCUT2D eigenvalue weighted by atomic mass is 32.2. The lowest BCUT2D eigenvalue weighted by molar-refractivity contribution is 0.0599. The number of carbonyl (C=O) groups is 2. The highest BCUT2D eigenvalue weighted by Gasteiger charge is 2.09. The number of methoxy groups -OCH3 is 1. The van der Waals surface area contributed by atoms with Crippen molar-refractivity contribution in [3.63, 3.8) is 0 Å². The molecule has 0 radical (unpaired) electrons. The summed E-state index contributed by atoms with van der Waals surface area (Å²) < 4.78 is 16.9. The molecule has 0 amide bonds. The number of hydrogen-bond donors (Lipinski definition) is 1. The SMILES string of the molecule is COC(=O)c1cccc(CS(=O)Cc2ccc(C(=O)O)cc2)c1. The summed E-state index contributed by atoms with van der Waals surface area (Å²) in [5.74, 6) is -0.785. The van der Waals surface area contributed by atoms with Crippen LogP contribution in [0, 0.1) is 0 Å². The topological polar surface area (TPSA) is 80.7 Å². The first-order valence-electron chi connectivity index (χ1n) is 6.84. The Labute approximate surface area is 136 Å². The van der Waals surface area contributed by atoms with E-state index < -0.39 is 22.7 Å². The van der Waals surface area contributed by atoms with Gasteiger partial charge in [0.05, 0.1) is 18.2 Å². The smallest absolute Gasteiger partial charge is 0.337 e. The summed E-state index contributed by atoms with van der Waals surface area (Å²) in [6, 6.07) is 13.1. The fourth-order valence-corrected chi connectivity index (χ4v) is 3.29. The molecule has 0 aliphatic carbocycles. The second-order valence-corrected chi connectivity index (χ2v) is 6.38. The molecule has 6 heteroatoms. The Kier molecular flexibility index (Phi) is 5.65. The van der Waals surface area contributed by atoms with Gasteiger partial charge >= 0.3 is 11.9 Å². The molecule has 2 aromatic rings. The van der Waals surface area contributed by atoms with E-state index in [2.05, 4.69) is 4.74 Å². The van der Waals surface area contributed by atoms with Crippen molar-refractivity contribution in [1.82, 2.24) is 0 Å². The lowest BCUT2D eigenvalue weighted by Crippen LogP contribution is -2.04. The number of carboxylic acids is 1. The van der Waals surface area contributed by atoms with E-state index in [4.69, 9.17) is 5.11 Å². The minimum Gasteiger partial charge on any atom is -0.478 e. The molecule has 2 aromatic carbocycles. The molecule has 0 aliphatic heterocycles. The van der Waals surface area contributed by atoms with Gasteiger partial charge in [-0.3, -0.25) is 4.21 Å². The molecule has 23 heavy (non-hydrogen) atoms. The predicted octanol–water partition coefficient (Wildman–Crippen LogP) is 2.62. The van der Waals surface area contributed by atoms with Crippen molar-refractivity contribution in [2.45, 2.75) is 11.5 Å². The Morgan fingerprint density at radius 1 is 1.00 bits per heavy atom. The zero-order valence-corrected chi connectivity index (χ0v) is 13.3. The number of carboxylic acid groups (broad SMARTS) is 1. The lowest BCUT2D eigenvalue weighted by Gasteiger charge is -2.05. The largest absolute Gasteiger partial charge is 0.478 e. The molecule has 2 rings (SSSR count). The van der Waals surface area contributed by atoms with E-state index in [1.165, 1.54) is 19.2 Å². The standard InChI is InChI=1S/C17H16O5S/c1-22-17(20)15-4-2-3-13(9-15)11-23(21)10-12-5-7-14(8-6-12)16(18)19/h2-9H,10-11H2,1H3,(H,18,19). The number of esters is 1. The van der Waals surface area contributed by atoms with Crippen LogP contribution in [-0.4, -0.2) is 28.4 Å². The van der Waals surface area contributed by atoms with E-state index in [9.17, 15) is 13.8 Å². The van der Waals surface area contributed by atoms with Crippen LogP contribution in [0.3, 0.4) is 0 Å². The Balaban J connectivity index is 2.02. The normalized spacial score (nSPS) is 11.7. The Morgan fingerprint density at radius 3 is 2.26 bits per heavy atom. The summed E-state index contributed by atoms with van der Waals surface area (Å²) >= 11 is 0. The van der Waals surface area contributed by atoms with E-state index in [-0.39, 0.29) is 5.56 Å². The monoisotopic (exact) mass is 332 g/mol. The van der Waals surface area contributed by atoms with Crippen LogP contribution >= 0.6 is 0 Å². The maximum absolute atomic E-state index is 12.2. The van der Waals surface area contributed by atoms with Crippen LogP contribution in [-0.2, 0) is 27.0 Å². The summed E-state index contributed by atoms with van der Waals surface area (Å²) in [6.07, 6.45) is 0. The molecular formula is C17H16O5S. The van der Waals surface area contributed by atoms with Gasteiger partial charge in [-0.25, -0.2) is 9.59 Å². The number of carbonyl (C=O) groups excluding carboxylic acids is 1. The average molecular weight is 332 g/mol. The molecule has 0 aromatic heterocycles. The molecule has 0 heterocycles. The van der Waals surface area contributed by atoms with Gasteiger partial charge in [0, 0.05) is 22.3 Å². The van der Waals surface area contributed by atoms with Crippen molar-refractivity contribution >= 4 is 22.7 Å². The molecule has 0 bridgehead atoms. The van der Waals surface area contributed by atoms with Gasteiger partial charge in [-0.2, -0.15) is 0 Å². The van der Waals surface area contributed by atoms with E-state index in [0.717, 1.165) is 11.1 Å². The molecule has 0 spiro atoms. The Morgan fingerprint density at radius 2 is 1.65 bits per heavy atom. The number of ether oxygens (including phenoxy) is 1. The van der Waals surface area contributed by atoms with Crippen LogP contribution in [0.25, 0.3) is 0 Å². The number of hydrogen-bond acceptors (Lipinski definition) is 4. The molecule has 0 saturated heterocycles. The molecule has 1 N–H and O–H groups in total. The summed E-state index contributed by atoms with van der Waals surface area (Å²) in [4.78, 5) is 22.3. The van der Waals surface area contributed by atoms with Crippen molar-refractivity contribution < 1.29 is 23.6 Å². The highest BCUT2D eigenvalue weighted by molar-refractivity contribution is 7.83. The number of benzene rings is 2. The van der Waals surface area contributed by atoms with Crippen molar-refractivity contribution in [2.24, 2.45) is 0 Å². The zero-order chi connectivity index (χ0) is 16.8. The fourth-order valence-electron chi connectivity index (χ4n) is 2.07. The van der Waals surface area contributed by atoms with E-state index in [1.54, 1.807) is 36.4 Å². The van der Waals surface area contributed by atoms with Crippen LogP contribution in [0.1, 0.15) is 31.8 Å². The van der Waals surface area contributed by atoms with Gasteiger partial charge in [0.15, 0.2) is 0 Å². The second-order valence-electron chi connectivity index (χ2n) is 4.92. The maximum Gasteiger partial charge on any atom is 0.337 e. The van der Waals surface area contributed by atoms with Crippen molar-refractivity contribution in [3.8, 4) is 0 Å². The number of aromatic carboxylic acids is 1. The first-order chi connectivity index (χ1) is 11.0. The van der Waals surface area contributed by atoms with E-state index in [1.807, 2.05) is 0 Å².